The number of hydrogen-bond donors (Lipinski definition) is 2. The largest absolute Gasteiger partial charge is 0.494 e. The minimum atomic E-state index is -0.374. The molecule has 138 valence electrons. The van der Waals surface area contributed by atoms with Gasteiger partial charge in [-0.1, -0.05) is 15.9 Å². The lowest BCUT2D eigenvalue weighted by molar-refractivity contribution is -0.125. The van der Waals surface area contributed by atoms with Crippen molar-refractivity contribution in [3.63, 3.8) is 0 Å². The fourth-order valence-electron chi connectivity index (χ4n) is 2.14. The Hall–Kier alpha value is -2.54. The molecule has 7 heteroatoms. The van der Waals surface area contributed by atoms with Gasteiger partial charge in [0.2, 0.25) is 5.91 Å². The van der Waals surface area contributed by atoms with Gasteiger partial charge in [0, 0.05) is 10.2 Å². The van der Waals surface area contributed by atoms with Crippen LogP contribution >= 0.6 is 15.9 Å². The van der Waals surface area contributed by atoms with Crippen LogP contribution in [0, 0.1) is 6.92 Å². The van der Waals surface area contributed by atoms with Crippen molar-refractivity contribution < 1.29 is 19.1 Å². The van der Waals surface area contributed by atoms with E-state index in [1.807, 2.05) is 26.0 Å². The summed E-state index contributed by atoms with van der Waals surface area (Å²) in [4.78, 5) is 23.7. The first kappa shape index (κ1) is 19.8. The first-order chi connectivity index (χ1) is 12.5. The summed E-state index contributed by atoms with van der Waals surface area (Å²) in [5.74, 6) is 0.620. The third-order valence-corrected chi connectivity index (χ3v) is 3.91. The number of rotatable bonds is 8. The lowest BCUT2D eigenvalue weighted by Crippen LogP contribution is -2.35. The Balaban J connectivity index is 1.73. The third kappa shape index (κ3) is 6.40. The van der Waals surface area contributed by atoms with Crippen LogP contribution in [0.1, 0.15) is 12.5 Å². The average Bonchev–Trinajstić information content (AvgIpc) is 2.62. The van der Waals surface area contributed by atoms with Crippen LogP contribution in [0.3, 0.4) is 0 Å². The van der Waals surface area contributed by atoms with Gasteiger partial charge < -0.3 is 20.1 Å². The first-order valence-corrected chi connectivity index (χ1v) is 8.95. The Morgan fingerprint density at radius 1 is 1.00 bits per heavy atom. The van der Waals surface area contributed by atoms with E-state index in [2.05, 4.69) is 26.6 Å². The van der Waals surface area contributed by atoms with Crippen molar-refractivity contribution in [2.75, 3.05) is 25.1 Å². The lowest BCUT2D eigenvalue weighted by Gasteiger charge is -2.10. The highest BCUT2D eigenvalue weighted by molar-refractivity contribution is 9.10. The summed E-state index contributed by atoms with van der Waals surface area (Å²) in [5, 5.41) is 5.28. The molecule has 2 aromatic rings. The van der Waals surface area contributed by atoms with E-state index in [0.717, 1.165) is 15.8 Å². The Bertz CT molecular complexity index is 763. The zero-order valence-electron chi connectivity index (χ0n) is 14.7. The maximum Gasteiger partial charge on any atom is 0.258 e. The number of nitrogens with one attached hydrogen (secondary N) is 2. The van der Waals surface area contributed by atoms with Crippen LogP contribution in [-0.2, 0) is 9.59 Å². The third-order valence-electron chi connectivity index (χ3n) is 3.41. The van der Waals surface area contributed by atoms with E-state index in [-0.39, 0.29) is 25.0 Å². The summed E-state index contributed by atoms with van der Waals surface area (Å²) in [6, 6.07) is 12.5. The van der Waals surface area contributed by atoms with Crippen LogP contribution in [0.2, 0.25) is 0 Å². The molecule has 0 aliphatic heterocycles. The van der Waals surface area contributed by atoms with Gasteiger partial charge in [0.1, 0.15) is 11.5 Å². The van der Waals surface area contributed by atoms with Gasteiger partial charge in [-0.15, -0.1) is 0 Å². The second-order valence-electron chi connectivity index (χ2n) is 5.48. The summed E-state index contributed by atoms with van der Waals surface area (Å²) in [6.07, 6.45) is 0. The Kier molecular flexibility index (Phi) is 7.47. The molecule has 0 atom stereocenters. The predicted octanol–water partition coefficient (Wildman–Crippen LogP) is 3.29. The molecule has 2 aromatic carbocycles. The standard InChI is InChI=1S/C19H21BrN2O4/c1-3-25-15-5-7-16(8-6-15)26-12-19(24)21-11-18(23)22-17-9-4-14(20)10-13(17)2/h4-10H,3,11-12H2,1-2H3,(H,21,24)(H,22,23). The second-order valence-corrected chi connectivity index (χ2v) is 6.39. The molecule has 26 heavy (non-hydrogen) atoms. The van der Waals surface area contributed by atoms with Gasteiger partial charge in [-0.05, 0) is 61.9 Å². The molecule has 6 nitrogen and oxygen atoms in total. The van der Waals surface area contributed by atoms with Crippen molar-refractivity contribution in [2.24, 2.45) is 0 Å². The van der Waals surface area contributed by atoms with Crippen LogP contribution in [0.4, 0.5) is 5.69 Å². The second kappa shape index (κ2) is 9.82. The number of carbonyl (C=O) groups is 2. The molecule has 0 aliphatic carbocycles. The molecule has 2 N–H and O–H groups in total. The number of anilines is 1. The zero-order chi connectivity index (χ0) is 18.9. The van der Waals surface area contributed by atoms with Gasteiger partial charge in [0.15, 0.2) is 6.61 Å². The monoisotopic (exact) mass is 420 g/mol. The quantitative estimate of drug-likeness (QED) is 0.686. The molecule has 0 heterocycles. The molecule has 0 bridgehead atoms. The number of benzene rings is 2. The normalized spacial score (nSPS) is 10.1. The smallest absolute Gasteiger partial charge is 0.258 e. The van der Waals surface area contributed by atoms with Gasteiger partial charge in [-0.25, -0.2) is 0 Å². The molecule has 2 amide bonds. The van der Waals surface area contributed by atoms with Gasteiger partial charge in [-0.2, -0.15) is 0 Å². The number of aryl methyl sites for hydroxylation is 1. The molecule has 0 radical (unpaired) electrons. The van der Waals surface area contributed by atoms with Crippen LogP contribution in [-0.4, -0.2) is 31.6 Å². The molecule has 0 fully saturated rings. The van der Waals surface area contributed by atoms with E-state index >= 15 is 0 Å². The van der Waals surface area contributed by atoms with Crippen LogP contribution in [0.5, 0.6) is 11.5 Å². The van der Waals surface area contributed by atoms with Gasteiger partial charge >= 0.3 is 0 Å². The number of ether oxygens (including phenoxy) is 2. The van der Waals surface area contributed by atoms with E-state index in [0.29, 0.717) is 18.0 Å². The van der Waals surface area contributed by atoms with Crippen LogP contribution in [0.15, 0.2) is 46.9 Å². The maximum absolute atomic E-state index is 11.9. The van der Waals surface area contributed by atoms with Gasteiger partial charge in [-0.3, -0.25) is 9.59 Å². The van der Waals surface area contributed by atoms with Crippen molar-refractivity contribution in [3.8, 4) is 11.5 Å². The first-order valence-electron chi connectivity index (χ1n) is 8.16. The predicted molar refractivity (Wildman–Crippen MR) is 104 cm³/mol. The van der Waals surface area contributed by atoms with Crippen LogP contribution in [0.25, 0.3) is 0 Å². The summed E-state index contributed by atoms with van der Waals surface area (Å²) < 4.78 is 11.7. The maximum atomic E-state index is 11.9. The molecule has 0 unspecified atom stereocenters. The van der Waals surface area contributed by atoms with Crippen LogP contribution < -0.4 is 20.1 Å². The Labute approximate surface area is 161 Å². The highest BCUT2D eigenvalue weighted by Gasteiger charge is 2.08. The number of hydrogen-bond acceptors (Lipinski definition) is 4. The van der Waals surface area contributed by atoms with Crippen molar-refractivity contribution >= 4 is 33.4 Å². The van der Waals surface area contributed by atoms with Crippen molar-refractivity contribution in [3.05, 3.63) is 52.5 Å². The van der Waals surface area contributed by atoms with Gasteiger partial charge in [0.25, 0.3) is 5.91 Å². The molecule has 0 spiro atoms. The van der Waals surface area contributed by atoms with E-state index in [1.54, 1.807) is 30.3 Å². The van der Waals surface area contributed by atoms with Crippen molar-refractivity contribution in [1.82, 2.24) is 5.32 Å². The fourth-order valence-corrected chi connectivity index (χ4v) is 2.61. The zero-order valence-corrected chi connectivity index (χ0v) is 16.3. The molecule has 0 saturated heterocycles. The molecular weight excluding hydrogens is 400 g/mol. The topological polar surface area (TPSA) is 76.7 Å². The fraction of sp³-hybridized carbons (Fsp3) is 0.263. The molecule has 2 rings (SSSR count). The molecule has 0 aromatic heterocycles. The summed E-state index contributed by atoms with van der Waals surface area (Å²) >= 11 is 3.37. The highest BCUT2D eigenvalue weighted by atomic mass is 79.9. The van der Waals surface area contributed by atoms with Gasteiger partial charge in [0.05, 0.1) is 13.2 Å². The van der Waals surface area contributed by atoms with E-state index in [4.69, 9.17) is 9.47 Å². The van der Waals surface area contributed by atoms with E-state index in [1.165, 1.54) is 0 Å². The number of amides is 2. The van der Waals surface area contributed by atoms with E-state index < -0.39 is 0 Å². The molecule has 0 aliphatic rings. The summed E-state index contributed by atoms with van der Waals surface area (Å²) in [5.41, 5.74) is 1.64. The van der Waals surface area contributed by atoms with Crippen molar-refractivity contribution in [2.45, 2.75) is 13.8 Å². The minimum Gasteiger partial charge on any atom is -0.494 e. The van der Waals surface area contributed by atoms with E-state index in [9.17, 15) is 9.59 Å². The summed E-state index contributed by atoms with van der Waals surface area (Å²) in [7, 11) is 0. The molecule has 0 saturated carbocycles. The Morgan fingerprint density at radius 2 is 1.65 bits per heavy atom. The number of carbonyl (C=O) groups excluding carboxylic acids is 2. The number of halogens is 1. The lowest BCUT2D eigenvalue weighted by atomic mass is 10.2. The highest BCUT2D eigenvalue weighted by Crippen LogP contribution is 2.20. The Morgan fingerprint density at radius 3 is 2.27 bits per heavy atom. The van der Waals surface area contributed by atoms with Crippen molar-refractivity contribution in [1.29, 1.82) is 0 Å². The SMILES string of the molecule is CCOc1ccc(OCC(=O)NCC(=O)Nc2ccc(Br)cc2C)cc1. The average molecular weight is 421 g/mol. The summed E-state index contributed by atoms with van der Waals surface area (Å²) in [6.45, 7) is 4.09. The minimum absolute atomic E-state index is 0.124. The molecular formula is C19H21BrN2O4.